The summed E-state index contributed by atoms with van der Waals surface area (Å²) in [7, 11) is 1.67. The number of nitrogens with one attached hydrogen (secondary N) is 1. The Hall–Kier alpha value is -0.440. The van der Waals surface area contributed by atoms with Crippen LogP contribution in [-0.2, 0) is 6.54 Å². The summed E-state index contributed by atoms with van der Waals surface area (Å²) in [6.07, 6.45) is 0. The van der Waals surface area contributed by atoms with Gasteiger partial charge in [-0.15, -0.1) is 23.2 Å². The van der Waals surface area contributed by atoms with Gasteiger partial charge in [-0.2, -0.15) is 0 Å². The van der Waals surface area contributed by atoms with E-state index >= 15 is 0 Å². The normalized spacial score (nSPS) is 11.5. The average Bonchev–Trinajstić information content (AvgIpc) is 2.36. The molecule has 1 rings (SSSR count). The SMILES string of the molecule is COc1ccccc1CNC(C)(CCl)CCl. The third-order valence-corrected chi connectivity index (χ3v) is 3.67. The lowest BCUT2D eigenvalue weighted by molar-refractivity contribution is 0.395. The first kappa shape index (κ1) is 13.6. The molecule has 90 valence electrons. The maximum absolute atomic E-state index is 5.87. The number of hydrogen-bond donors (Lipinski definition) is 1. The molecule has 2 nitrogen and oxygen atoms in total. The second-order valence-electron chi connectivity index (χ2n) is 3.99. The second kappa shape index (κ2) is 6.33. The fraction of sp³-hybridized carbons (Fsp3) is 0.500. The summed E-state index contributed by atoms with van der Waals surface area (Å²) in [5.41, 5.74) is 0.857. The molecule has 1 N–H and O–H groups in total. The van der Waals surface area contributed by atoms with Crippen LogP contribution in [-0.4, -0.2) is 24.4 Å². The summed E-state index contributed by atoms with van der Waals surface area (Å²) in [4.78, 5) is 0. The Morgan fingerprint density at radius 3 is 2.44 bits per heavy atom. The zero-order valence-corrected chi connectivity index (χ0v) is 11.1. The number of halogens is 2. The Morgan fingerprint density at radius 2 is 1.88 bits per heavy atom. The van der Waals surface area contributed by atoms with Gasteiger partial charge in [0.1, 0.15) is 5.75 Å². The summed E-state index contributed by atoms with van der Waals surface area (Å²) in [5.74, 6) is 1.83. The monoisotopic (exact) mass is 261 g/mol. The maximum atomic E-state index is 5.87. The van der Waals surface area contributed by atoms with Gasteiger partial charge in [0.05, 0.1) is 7.11 Å². The Bertz CT molecular complexity index is 327. The van der Waals surface area contributed by atoms with Crippen LogP contribution >= 0.6 is 23.2 Å². The second-order valence-corrected chi connectivity index (χ2v) is 4.53. The van der Waals surface area contributed by atoms with Crippen molar-refractivity contribution in [1.82, 2.24) is 5.32 Å². The fourth-order valence-electron chi connectivity index (χ4n) is 1.29. The highest BCUT2D eigenvalue weighted by atomic mass is 35.5. The van der Waals surface area contributed by atoms with Crippen molar-refractivity contribution >= 4 is 23.2 Å². The van der Waals surface area contributed by atoms with E-state index < -0.39 is 0 Å². The predicted octanol–water partition coefficient (Wildman–Crippen LogP) is 3.02. The molecule has 0 amide bonds. The van der Waals surface area contributed by atoms with Gasteiger partial charge in [0.15, 0.2) is 0 Å². The van der Waals surface area contributed by atoms with Gasteiger partial charge in [-0.3, -0.25) is 0 Å². The van der Waals surface area contributed by atoms with E-state index in [2.05, 4.69) is 5.32 Å². The van der Waals surface area contributed by atoms with Crippen molar-refractivity contribution in [3.8, 4) is 5.75 Å². The summed E-state index contributed by atoms with van der Waals surface area (Å²) >= 11 is 11.7. The van der Waals surface area contributed by atoms with Crippen LogP contribution in [0.4, 0.5) is 0 Å². The average molecular weight is 262 g/mol. The van der Waals surface area contributed by atoms with Crippen molar-refractivity contribution in [2.24, 2.45) is 0 Å². The topological polar surface area (TPSA) is 21.3 Å². The largest absolute Gasteiger partial charge is 0.496 e. The standard InChI is InChI=1S/C12H17Cl2NO/c1-12(8-13,9-14)15-7-10-5-3-4-6-11(10)16-2/h3-6,15H,7-9H2,1-2H3. The molecule has 0 radical (unpaired) electrons. The molecule has 0 bridgehead atoms. The first-order valence-corrected chi connectivity index (χ1v) is 6.21. The smallest absolute Gasteiger partial charge is 0.123 e. The van der Waals surface area contributed by atoms with E-state index in [9.17, 15) is 0 Å². The number of para-hydroxylation sites is 1. The lowest BCUT2D eigenvalue weighted by Gasteiger charge is -2.26. The highest BCUT2D eigenvalue weighted by Crippen LogP contribution is 2.18. The van der Waals surface area contributed by atoms with Crippen LogP contribution < -0.4 is 10.1 Å². The Kier molecular flexibility index (Phi) is 5.39. The maximum Gasteiger partial charge on any atom is 0.123 e. The molecule has 0 saturated carbocycles. The van der Waals surface area contributed by atoms with Crippen LogP contribution in [0.15, 0.2) is 24.3 Å². The van der Waals surface area contributed by atoms with E-state index in [1.807, 2.05) is 31.2 Å². The van der Waals surface area contributed by atoms with Crippen molar-refractivity contribution in [2.45, 2.75) is 19.0 Å². The molecule has 0 aliphatic heterocycles. The van der Waals surface area contributed by atoms with Gasteiger partial charge in [0, 0.05) is 29.4 Å². The van der Waals surface area contributed by atoms with E-state index in [1.54, 1.807) is 7.11 Å². The van der Waals surface area contributed by atoms with Crippen molar-refractivity contribution < 1.29 is 4.74 Å². The summed E-state index contributed by atoms with van der Waals surface area (Å²) in [5, 5.41) is 3.34. The van der Waals surface area contributed by atoms with Gasteiger partial charge in [-0.05, 0) is 13.0 Å². The van der Waals surface area contributed by atoms with E-state index in [1.165, 1.54) is 0 Å². The van der Waals surface area contributed by atoms with Gasteiger partial charge in [0.25, 0.3) is 0 Å². The van der Waals surface area contributed by atoms with E-state index in [4.69, 9.17) is 27.9 Å². The Morgan fingerprint density at radius 1 is 1.25 bits per heavy atom. The third kappa shape index (κ3) is 3.55. The summed E-state index contributed by atoms with van der Waals surface area (Å²) < 4.78 is 5.27. The number of benzene rings is 1. The lowest BCUT2D eigenvalue weighted by atomic mass is 10.1. The number of methoxy groups -OCH3 is 1. The van der Waals surface area contributed by atoms with Crippen LogP contribution in [0, 0.1) is 0 Å². The summed E-state index contributed by atoms with van der Waals surface area (Å²) in [6, 6.07) is 7.90. The summed E-state index contributed by atoms with van der Waals surface area (Å²) in [6.45, 7) is 2.70. The first-order valence-electron chi connectivity index (χ1n) is 5.14. The highest BCUT2D eigenvalue weighted by Gasteiger charge is 2.21. The molecule has 0 aliphatic rings. The molecular weight excluding hydrogens is 245 g/mol. The van der Waals surface area contributed by atoms with Crippen LogP contribution in [0.3, 0.4) is 0 Å². The van der Waals surface area contributed by atoms with Crippen LogP contribution in [0.5, 0.6) is 5.75 Å². The van der Waals surface area contributed by atoms with Gasteiger partial charge in [0.2, 0.25) is 0 Å². The number of rotatable bonds is 6. The van der Waals surface area contributed by atoms with E-state index in [0.717, 1.165) is 11.3 Å². The predicted molar refractivity (Wildman–Crippen MR) is 69.7 cm³/mol. The molecule has 1 aromatic rings. The van der Waals surface area contributed by atoms with Gasteiger partial charge >= 0.3 is 0 Å². The van der Waals surface area contributed by atoms with E-state index in [-0.39, 0.29) is 5.54 Å². The molecule has 0 unspecified atom stereocenters. The molecule has 0 aromatic heterocycles. The first-order chi connectivity index (χ1) is 7.65. The molecule has 4 heteroatoms. The number of hydrogen-bond acceptors (Lipinski definition) is 2. The third-order valence-electron chi connectivity index (χ3n) is 2.49. The molecule has 0 heterocycles. The van der Waals surface area contributed by atoms with Gasteiger partial charge in [-0.25, -0.2) is 0 Å². The number of alkyl halides is 2. The minimum atomic E-state index is -0.246. The highest BCUT2D eigenvalue weighted by molar-refractivity contribution is 6.22. The van der Waals surface area contributed by atoms with Crippen molar-refractivity contribution in [3.05, 3.63) is 29.8 Å². The molecular formula is C12H17Cl2NO. The fourth-order valence-corrected chi connectivity index (χ4v) is 1.76. The Balaban J connectivity index is 2.67. The molecule has 0 fully saturated rings. The van der Waals surface area contributed by atoms with Gasteiger partial charge < -0.3 is 10.1 Å². The molecule has 0 spiro atoms. The zero-order chi connectivity index (χ0) is 12.0. The van der Waals surface area contributed by atoms with E-state index in [0.29, 0.717) is 18.3 Å². The minimum absolute atomic E-state index is 0.246. The molecule has 16 heavy (non-hydrogen) atoms. The van der Waals surface area contributed by atoms with Crippen LogP contribution in [0.2, 0.25) is 0 Å². The molecule has 0 aliphatic carbocycles. The molecule has 1 aromatic carbocycles. The minimum Gasteiger partial charge on any atom is -0.496 e. The van der Waals surface area contributed by atoms with Crippen molar-refractivity contribution in [3.63, 3.8) is 0 Å². The van der Waals surface area contributed by atoms with Crippen LogP contribution in [0.25, 0.3) is 0 Å². The molecule has 0 atom stereocenters. The zero-order valence-electron chi connectivity index (χ0n) is 9.59. The molecule has 0 saturated heterocycles. The number of ether oxygens (including phenoxy) is 1. The van der Waals surface area contributed by atoms with Crippen molar-refractivity contribution in [1.29, 1.82) is 0 Å². The van der Waals surface area contributed by atoms with Crippen LogP contribution in [0.1, 0.15) is 12.5 Å². The van der Waals surface area contributed by atoms with Crippen molar-refractivity contribution in [2.75, 3.05) is 18.9 Å². The van der Waals surface area contributed by atoms with Gasteiger partial charge in [-0.1, -0.05) is 18.2 Å². The quantitative estimate of drug-likeness (QED) is 0.796. The lowest BCUT2D eigenvalue weighted by Crippen LogP contribution is -2.45. The Labute approximate surface area is 107 Å².